The minimum absolute atomic E-state index is 0.0559. The highest BCUT2D eigenvalue weighted by Gasteiger charge is 2.14. The third-order valence-electron chi connectivity index (χ3n) is 4.55. The van der Waals surface area contributed by atoms with Gasteiger partial charge in [0.1, 0.15) is 5.69 Å². The molecule has 0 atom stereocenters. The Balaban J connectivity index is 1.43. The Kier molecular flexibility index (Phi) is 5.07. The van der Waals surface area contributed by atoms with Crippen LogP contribution in [0.15, 0.2) is 88.3 Å². The third-order valence-corrected chi connectivity index (χ3v) is 4.55. The van der Waals surface area contributed by atoms with Gasteiger partial charge in [-0.1, -0.05) is 53.2 Å². The standard InChI is InChI=1S/C23H19N3O3/c1-16-5-9-18(10-6-16)20-14-21(29-25-20)23(28)24-19-11-7-17(8-12-19)15-26-13-3-2-4-22(26)27/h2-14H,15H2,1H3,(H,24,28). The first kappa shape index (κ1) is 18.4. The number of nitrogens with zero attached hydrogens (tertiary/aromatic N) is 2. The smallest absolute Gasteiger partial charge is 0.294 e. The van der Waals surface area contributed by atoms with Crippen LogP contribution in [0.5, 0.6) is 0 Å². The van der Waals surface area contributed by atoms with Crippen LogP contribution in [-0.4, -0.2) is 15.6 Å². The van der Waals surface area contributed by atoms with Crippen LogP contribution in [0.4, 0.5) is 5.69 Å². The maximum atomic E-state index is 12.4. The van der Waals surface area contributed by atoms with Gasteiger partial charge in [0, 0.05) is 29.6 Å². The SMILES string of the molecule is Cc1ccc(-c2cc(C(=O)Nc3ccc(Cn4ccccc4=O)cc3)on2)cc1. The molecule has 2 heterocycles. The van der Waals surface area contributed by atoms with Crippen LogP contribution in [0.25, 0.3) is 11.3 Å². The molecule has 144 valence electrons. The number of amides is 1. The van der Waals surface area contributed by atoms with Gasteiger partial charge >= 0.3 is 0 Å². The molecular weight excluding hydrogens is 366 g/mol. The molecule has 0 spiro atoms. The van der Waals surface area contributed by atoms with Crippen molar-refractivity contribution in [3.63, 3.8) is 0 Å². The van der Waals surface area contributed by atoms with E-state index < -0.39 is 0 Å². The summed E-state index contributed by atoms with van der Waals surface area (Å²) in [4.78, 5) is 24.2. The topological polar surface area (TPSA) is 77.1 Å². The second-order valence-electron chi connectivity index (χ2n) is 6.76. The Morgan fingerprint density at radius 3 is 2.52 bits per heavy atom. The van der Waals surface area contributed by atoms with Crippen molar-refractivity contribution in [2.75, 3.05) is 5.32 Å². The molecule has 0 saturated heterocycles. The predicted molar refractivity (Wildman–Crippen MR) is 111 cm³/mol. The lowest BCUT2D eigenvalue weighted by atomic mass is 10.1. The number of carbonyl (C=O) groups excluding carboxylic acids is 1. The van der Waals surface area contributed by atoms with E-state index in [-0.39, 0.29) is 17.2 Å². The molecule has 29 heavy (non-hydrogen) atoms. The van der Waals surface area contributed by atoms with Crippen molar-refractivity contribution < 1.29 is 9.32 Å². The van der Waals surface area contributed by atoms with Gasteiger partial charge in [-0.25, -0.2) is 0 Å². The monoisotopic (exact) mass is 385 g/mol. The molecule has 1 amide bonds. The molecule has 2 aromatic heterocycles. The lowest BCUT2D eigenvalue weighted by Crippen LogP contribution is -2.18. The first-order chi connectivity index (χ1) is 14.1. The molecule has 4 aromatic rings. The Labute approximate surface area is 167 Å². The van der Waals surface area contributed by atoms with Gasteiger partial charge in [0.05, 0.1) is 6.54 Å². The Morgan fingerprint density at radius 1 is 1.03 bits per heavy atom. The number of aryl methyl sites for hydroxylation is 1. The number of hydrogen-bond acceptors (Lipinski definition) is 4. The van der Waals surface area contributed by atoms with Crippen molar-refractivity contribution in [1.82, 2.24) is 9.72 Å². The van der Waals surface area contributed by atoms with E-state index in [0.717, 1.165) is 16.7 Å². The summed E-state index contributed by atoms with van der Waals surface area (Å²) in [7, 11) is 0. The van der Waals surface area contributed by atoms with Gasteiger partial charge in [-0.3, -0.25) is 9.59 Å². The fourth-order valence-corrected chi connectivity index (χ4v) is 2.92. The van der Waals surface area contributed by atoms with Crippen LogP contribution in [0, 0.1) is 6.92 Å². The van der Waals surface area contributed by atoms with Crippen molar-refractivity contribution >= 4 is 11.6 Å². The molecule has 0 aliphatic heterocycles. The largest absolute Gasteiger partial charge is 0.350 e. The molecule has 0 saturated carbocycles. The summed E-state index contributed by atoms with van der Waals surface area (Å²) in [5.74, 6) is -0.233. The van der Waals surface area contributed by atoms with Gasteiger partial charge in [0.15, 0.2) is 0 Å². The fourth-order valence-electron chi connectivity index (χ4n) is 2.92. The Hall–Kier alpha value is -3.93. The van der Waals surface area contributed by atoms with Crippen molar-refractivity contribution in [2.24, 2.45) is 0 Å². The maximum absolute atomic E-state index is 12.4. The first-order valence-corrected chi connectivity index (χ1v) is 9.18. The average molecular weight is 385 g/mol. The normalized spacial score (nSPS) is 10.7. The van der Waals surface area contributed by atoms with Gasteiger partial charge in [-0.05, 0) is 30.7 Å². The van der Waals surface area contributed by atoms with Gasteiger partial charge in [-0.15, -0.1) is 0 Å². The van der Waals surface area contributed by atoms with E-state index in [1.807, 2.05) is 49.4 Å². The van der Waals surface area contributed by atoms with E-state index >= 15 is 0 Å². The number of benzene rings is 2. The lowest BCUT2D eigenvalue weighted by molar-refractivity contribution is 0.0988. The molecule has 6 nitrogen and oxygen atoms in total. The Bertz CT molecular complexity index is 1190. The van der Waals surface area contributed by atoms with Crippen molar-refractivity contribution in [1.29, 1.82) is 0 Å². The number of hydrogen-bond donors (Lipinski definition) is 1. The van der Waals surface area contributed by atoms with Crippen molar-refractivity contribution in [3.8, 4) is 11.3 Å². The zero-order valence-corrected chi connectivity index (χ0v) is 15.8. The van der Waals surface area contributed by atoms with Crippen LogP contribution in [0.2, 0.25) is 0 Å². The summed E-state index contributed by atoms with van der Waals surface area (Å²) < 4.78 is 6.82. The first-order valence-electron chi connectivity index (χ1n) is 9.18. The fraction of sp³-hybridized carbons (Fsp3) is 0.0870. The Morgan fingerprint density at radius 2 is 1.79 bits per heavy atom. The second kappa shape index (κ2) is 7.98. The van der Waals surface area contributed by atoms with E-state index in [2.05, 4.69) is 10.5 Å². The summed E-state index contributed by atoms with van der Waals surface area (Å²) in [5, 5.41) is 6.77. The number of carbonyl (C=O) groups is 1. The van der Waals surface area contributed by atoms with Crippen LogP contribution in [0.1, 0.15) is 21.7 Å². The van der Waals surface area contributed by atoms with Gasteiger partial charge in [0.25, 0.3) is 11.5 Å². The van der Waals surface area contributed by atoms with Crippen molar-refractivity contribution in [2.45, 2.75) is 13.5 Å². The predicted octanol–water partition coefficient (Wildman–Crippen LogP) is 4.11. The lowest BCUT2D eigenvalue weighted by Gasteiger charge is -2.07. The number of pyridine rings is 1. The van der Waals surface area contributed by atoms with Crippen LogP contribution in [0.3, 0.4) is 0 Å². The van der Waals surface area contributed by atoms with Crippen LogP contribution >= 0.6 is 0 Å². The molecule has 0 unspecified atom stereocenters. The maximum Gasteiger partial charge on any atom is 0.294 e. The van der Waals surface area contributed by atoms with E-state index in [9.17, 15) is 9.59 Å². The van der Waals surface area contributed by atoms with E-state index in [0.29, 0.717) is 17.9 Å². The van der Waals surface area contributed by atoms with Crippen molar-refractivity contribution in [3.05, 3.63) is 106 Å². The van der Waals surface area contributed by atoms with E-state index in [4.69, 9.17) is 4.52 Å². The summed E-state index contributed by atoms with van der Waals surface area (Å²) >= 11 is 0. The minimum Gasteiger partial charge on any atom is -0.350 e. The highest BCUT2D eigenvalue weighted by Crippen LogP contribution is 2.20. The second-order valence-corrected chi connectivity index (χ2v) is 6.76. The summed E-state index contributed by atoms with van der Waals surface area (Å²) in [6.07, 6.45) is 1.74. The molecule has 6 heteroatoms. The molecule has 0 aliphatic carbocycles. The molecule has 0 bridgehead atoms. The molecule has 0 fully saturated rings. The number of rotatable bonds is 5. The molecule has 1 N–H and O–H groups in total. The molecular formula is C23H19N3O3. The molecule has 0 radical (unpaired) electrons. The molecule has 0 aliphatic rings. The molecule has 4 rings (SSSR count). The zero-order chi connectivity index (χ0) is 20.2. The third kappa shape index (κ3) is 4.32. The minimum atomic E-state index is -0.372. The van der Waals surface area contributed by atoms with Gasteiger partial charge < -0.3 is 14.4 Å². The quantitative estimate of drug-likeness (QED) is 0.561. The highest BCUT2D eigenvalue weighted by atomic mass is 16.5. The van der Waals surface area contributed by atoms with E-state index in [1.165, 1.54) is 6.07 Å². The van der Waals surface area contributed by atoms with E-state index in [1.54, 1.807) is 35.0 Å². The number of aromatic nitrogens is 2. The van der Waals surface area contributed by atoms with Gasteiger partial charge in [0.2, 0.25) is 5.76 Å². The van der Waals surface area contributed by atoms with Crippen LogP contribution < -0.4 is 10.9 Å². The summed E-state index contributed by atoms with van der Waals surface area (Å²) in [6.45, 7) is 2.48. The number of nitrogens with one attached hydrogen (secondary N) is 1. The molecule has 2 aromatic carbocycles. The average Bonchev–Trinajstić information content (AvgIpc) is 3.22. The van der Waals surface area contributed by atoms with Crippen LogP contribution in [-0.2, 0) is 6.54 Å². The zero-order valence-electron chi connectivity index (χ0n) is 15.8. The summed E-state index contributed by atoms with van der Waals surface area (Å²) in [6, 6.07) is 21.8. The highest BCUT2D eigenvalue weighted by molar-refractivity contribution is 6.02. The summed E-state index contributed by atoms with van der Waals surface area (Å²) in [5.41, 5.74) is 4.18. The van der Waals surface area contributed by atoms with Gasteiger partial charge in [-0.2, -0.15) is 0 Å². The number of anilines is 1.